The van der Waals surface area contributed by atoms with Crippen molar-refractivity contribution in [2.24, 2.45) is 0 Å². The van der Waals surface area contributed by atoms with Gasteiger partial charge in [-0.15, -0.1) is 0 Å². The molecule has 94 valence electrons. The van der Waals surface area contributed by atoms with Crippen LogP contribution in [0, 0.1) is 0 Å². The number of hydrogen-bond acceptors (Lipinski definition) is 2. The highest BCUT2D eigenvalue weighted by molar-refractivity contribution is 5.14. The Morgan fingerprint density at radius 3 is 2.82 bits per heavy atom. The van der Waals surface area contributed by atoms with Crippen LogP contribution in [0.5, 0.6) is 0 Å². The van der Waals surface area contributed by atoms with E-state index in [9.17, 15) is 4.79 Å². The molecule has 1 fully saturated rings. The van der Waals surface area contributed by atoms with E-state index in [1.165, 1.54) is 19.3 Å². The fraction of sp³-hybridized carbons (Fsp3) is 0.643. The lowest BCUT2D eigenvalue weighted by Crippen LogP contribution is -2.38. The monoisotopic (exact) mass is 234 g/mol. The fourth-order valence-electron chi connectivity index (χ4n) is 2.17. The SMILES string of the molecule is CC(C)c1cccn(CCNC2CCC2)c1=O. The van der Waals surface area contributed by atoms with E-state index in [-0.39, 0.29) is 5.56 Å². The Bertz CT molecular complexity index is 418. The minimum absolute atomic E-state index is 0.165. The third-order valence-electron chi connectivity index (χ3n) is 3.56. The Labute approximate surface area is 103 Å². The Hall–Kier alpha value is -1.09. The number of nitrogens with one attached hydrogen (secondary N) is 1. The van der Waals surface area contributed by atoms with Gasteiger partial charge in [-0.25, -0.2) is 0 Å². The zero-order valence-electron chi connectivity index (χ0n) is 10.8. The van der Waals surface area contributed by atoms with Gasteiger partial charge in [-0.2, -0.15) is 0 Å². The molecule has 2 rings (SSSR count). The lowest BCUT2D eigenvalue weighted by molar-refractivity contribution is 0.334. The summed E-state index contributed by atoms with van der Waals surface area (Å²) in [6.07, 6.45) is 5.82. The summed E-state index contributed by atoms with van der Waals surface area (Å²) in [6, 6.07) is 4.60. The molecule has 0 bridgehead atoms. The van der Waals surface area contributed by atoms with Gasteiger partial charge in [-0.3, -0.25) is 4.79 Å². The highest BCUT2D eigenvalue weighted by atomic mass is 16.1. The Balaban J connectivity index is 1.95. The van der Waals surface area contributed by atoms with Gasteiger partial charge in [0.2, 0.25) is 0 Å². The molecule has 0 spiro atoms. The highest BCUT2D eigenvalue weighted by Crippen LogP contribution is 2.17. The topological polar surface area (TPSA) is 34.0 Å². The lowest BCUT2D eigenvalue weighted by Gasteiger charge is -2.26. The molecule has 3 heteroatoms. The van der Waals surface area contributed by atoms with Gasteiger partial charge < -0.3 is 9.88 Å². The molecule has 1 aliphatic rings. The van der Waals surface area contributed by atoms with Gasteiger partial charge in [0.05, 0.1) is 0 Å². The number of aromatic nitrogens is 1. The van der Waals surface area contributed by atoms with Gasteiger partial charge >= 0.3 is 0 Å². The predicted octanol–water partition coefficient (Wildman–Crippen LogP) is 2.11. The van der Waals surface area contributed by atoms with Gasteiger partial charge in [-0.05, 0) is 24.8 Å². The van der Waals surface area contributed by atoms with E-state index >= 15 is 0 Å². The van der Waals surface area contributed by atoms with E-state index in [4.69, 9.17) is 0 Å². The maximum atomic E-state index is 12.1. The summed E-state index contributed by atoms with van der Waals surface area (Å²) in [5, 5.41) is 3.48. The summed E-state index contributed by atoms with van der Waals surface area (Å²) >= 11 is 0. The number of pyridine rings is 1. The molecule has 0 aliphatic heterocycles. The molecule has 0 amide bonds. The van der Waals surface area contributed by atoms with Gasteiger partial charge in [-0.1, -0.05) is 26.3 Å². The minimum Gasteiger partial charge on any atom is -0.314 e. The molecule has 0 saturated heterocycles. The van der Waals surface area contributed by atoms with Crippen LogP contribution < -0.4 is 10.9 Å². The lowest BCUT2D eigenvalue weighted by atomic mass is 9.93. The molecular formula is C14H22N2O. The first-order chi connectivity index (χ1) is 8.18. The quantitative estimate of drug-likeness (QED) is 0.846. The van der Waals surface area contributed by atoms with Crippen LogP contribution in [-0.2, 0) is 6.54 Å². The van der Waals surface area contributed by atoms with Crippen molar-refractivity contribution in [3.05, 3.63) is 34.2 Å². The van der Waals surface area contributed by atoms with Crippen LogP contribution in [0.25, 0.3) is 0 Å². The molecule has 1 N–H and O–H groups in total. The van der Waals surface area contributed by atoms with Crippen LogP contribution in [-0.4, -0.2) is 17.2 Å². The Morgan fingerprint density at radius 2 is 2.24 bits per heavy atom. The summed E-state index contributed by atoms with van der Waals surface area (Å²) in [5.41, 5.74) is 1.08. The second-order valence-electron chi connectivity index (χ2n) is 5.20. The number of hydrogen-bond donors (Lipinski definition) is 1. The van der Waals surface area contributed by atoms with E-state index in [0.29, 0.717) is 12.0 Å². The zero-order chi connectivity index (χ0) is 12.3. The molecule has 3 nitrogen and oxygen atoms in total. The normalized spacial score (nSPS) is 16.2. The van der Waals surface area contributed by atoms with Crippen molar-refractivity contribution >= 4 is 0 Å². The van der Waals surface area contributed by atoms with Crippen molar-refractivity contribution in [1.82, 2.24) is 9.88 Å². The molecular weight excluding hydrogens is 212 g/mol. The van der Waals surface area contributed by atoms with Crippen LogP contribution in [0.1, 0.15) is 44.6 Å². The van der Waals surface area contributed by atoms with Crippen LogP contribution in [0.2, 0.25) is 0 Å². The summed E-state index contributed by atoms with van der Waals surface area (Å²) < 4.78 is 1.82. The molecule has 0 atom stereocenters. The van der Waals surface area contributed by atoms with Crippen molar-refractivity contribution in [1.29, 1.82) is 0 Å². The van der Waals surface area contributed by atoms with Gasteiger partial charge in [0.25, 0.3) is 5.56 Å². The molecule has 0 aromatic carbocycles. The Morgan fingerprint density at radius 1 is 1.47 bits per heavy atom. The van der Waals surface area contributed by atoms with Crippen molar-refractivity contribution in [2.45, 2.75) is 51.6 Å². The molecule has 0 radical (unpaired) electrons. The third-order valence-corrected chi connectivity index (χ3v) is 3.56. The van der Waals surface area contributed by atoms with E-state index in [0.717, 1.165) is 18.7 Å². The van der Waals surface area contributed by atoms with Crippen molar-refractivity contribution in [3.63, 3.8) is 0 Å². The summed E-state index contributed by atoms with van der Waals surface area (Å²) in [5.74, 6) is 0.301. The number of rotatable bonds is 5. The summed E-state index contributed by atoms with van der Waals surface area (Å²) in [6.45, 7) is 5.80. The van der Waals surface area contributed by atoms with E-state index in [2.05, 4.69) is 19.2 Å². The third kappa shape index (κ3) is 2.97. The predicted molar refractivity (Wildman–Crippen MR) is 70.4 cm³/mol. The first-order valence-electron chi connectivity index (χ1n) is 6.61. The average Bonchev–Trinajstić information content (AvgIpc) is 2.23. The van der Waals surface area contributed by atoms with Crippen molar-refractivity contribution < 1.29 is 0 Å². The maximum absolute atomic E-state index is 12.1. The van der Waals surface area contributed by atoms with Crippen LogP contribution in [0.3, 0.4) is 0 Å². The maximum Gasteiger partial charge on any atom is 0.254 e. The molecule has 17 heavy (non-hydrogen) atoms. The Kier molecular flexibility index (Phi) is 4.00. The second kappa shape index (κ2) is 5.50. The van der Waals surface area contributed by atoms with E-state index < -0.39 is 0 Å². The molecule has 1 heterocycles. The standard InChI is InChI=1S/C14H22N2O/c1-11(2)13-7-4-9-16(14(13)17)10-8-15-12-5-3-6-12/h4,7,9,11-12,15H,3,5-6,8,10H2,1-2H3. The highest BCUT2D eigenvalue weighted by Gasteiger charge is 2.15. The van der Waals surface area contributed by atoms with Crippen LogP contribution in [0.4, 0.5) is 0 Å². The number of nitrogens with zero attached hydrogens (tertiary/aromatic N) is 1. The smallest absolute Gasteiger partial charge is 0.254 e. The first kappa shape index (κ1) is 12.4. The van der Waals surface area contributed by atoms with Crippen LogP contribution in [0.15, 0.2) is 23.1 Å². The minimum atomic E-state index is 0.165. The molecule has 0 unspecified atom stereocenters. The molecule has 1 saturated carbocycles. The van der Waals surface area contributed by atoms with Gasteiger partial charge in [0.1, 0.15) is 0 Å². The van der Waals surface area contributed by atoms with Crippen LogP contribution >= 0.6 is 0 Å². The van der Waals surface area contributed by atoms with Gasteiger partial charge in [0, 0.05) is 30.9 Å². The zero-order valence-corrected chi connectivity index (χ0v) is 10.8. The largest absolute Gasteiger partial charge is 0.314 e. The van der Waals surface area contributed by atoms with Gasteiger partial charge in [0.15, 0.2) is 0 Å². The molecule has 1 aliphatic carbocycles. The summed E-state index contributed by atoms with van der Waals surface area (Å²) in [4.78, 5) is 12.1. The van der Waals surface area contributed by atoms with Crippen molar-refractivity contribution in [2.75, 3.05) is 6.54 Å². The van der Waals surface area contributed by atoms with Crippen molar-refractivity contribution in [3.8, 4) is 0 Å². The van der Waals surface area contributed by atoms with E-state index in [1.54, 1.807) is 0 Å². The van der Waals surface area contributed by atoms with E-state index in [1.807, 2.05) is 22.9 Å². The molecule has 1 aromatic heterocycles. The average molecular weight is 234 g/mol. The fourth-order valence-corrected chi connectivity index (χ4v) is 2.17. The summed E-state index contributed by atoms with van der Waals surface area (Å²) in [7, 11) is 0. The molecule has 1 aromatic rings. The second-order valence-corrected chi connectivity index (χ2v) is 5.20. The first-order valence-corrected chi connectivity index (χ1v) is 6.61.